The highest BCUT2D eigenvalue weighted by atomic mass is 16.4. The summed E-state index contributed by atoms with van der Waals surface area (Å²) in [6.07, 6.45) is 0. The van der Waals surface area contributed by atoms with Crippen LogP contribution in [0.4, 0.5) is 0 Å². The molecular formula is C16H13NO5. The lowest BCUT2D eigenvalue weighted by Gasteiger charge is -2.11. The van der Waals surface area contributed by atoms with E-state index in [0.717, 1.165) is 11.3 Å². The van der Waals surface area contributed by atoms with Gasteiger partial charge in [-0.25, -0.2) is 0 Å². The van der Waals surface area contributed by atoms with Crippen LogP contribution >= 0.6 is 0 Å². The molecule has 0 fully saturated rings. The van der Waals surface area contributed by atoms with Crippen LogP contribution in [0.3, 0.4) is 0 Å². The van der Waals surface area contributed by atoms with Gasteiger partial charge in [0.05, 0.1) is 11.3 Å². The molecule has 3 rings (SSSR count). The SMILES string of the molecule is Oc1c(O)c(O)c(-c2ccc(-c3ccccc3)[nH]2)c(O)c1O. The summed E-state index contributed by atoms with van der Waals surface area (Å²) in [6.45, 7) is 0. The Balaban J connectivity index is 2.16. The van der Waals surface area contributed by atoms with Gasteiger partial charge in [-0.05, 0) is 17.7 Å². The van der Waals surface area contributed by atoms with Gasteiger partial charge in [-0.15, -0.1) is 0 Å². The number of phenols is 5. The summed E-state index contributed by atoms with van der Waals surface area (Å²) in [5.41, 5.74) is 1.69. The Bertz CT molecular complexity index is 810. The van der Waals surface area contributed by atoms with Gasteiger partial charge >= 0.3 is 0 Å². The third kappa shape index (κ3) is 1.98. The fourth-order valence-corrected chi connectivity index (χ4v) is 2.27. The normalized spacial score (nSPS) is 10.7. The molecule has 0 aliphatic rings. The van der Waals surface area contributed by atoms with Gasteiger partial charge in [0.15, 0.2) is 11.5 Å². The first-order valence-corrected chi connectivity index (χ1v) is 6.44. The Morgan fingerprint density at radius 1 is 0.545 bits per heavy atom. The smallest absolute Gasteiger partial charge is 0.208 e. The number of hydrogen-bond donors (Lipinski definition) is 6. The highest BCUT2D eigenvalue weighted by Crippen LogP contribution is 2.54. The Labute approximate surface area is 125 Å². The van der Waals surface area contributed by atoms with Gasteiger partial charge in [0, 0.05) is 5.69 Å². The molecular weight excluding hydrogens is 286 g/mol. The highest BCUT2D eigenvalue weighted by molar-refractivity contribution is 5.84. The van der Waals surface area contributed by atoms with Crippen LogP contribution in [0.25, 0.3) is 22.5 Å². The topological polar surface area (TPSA) is 117 Å². The van der Waals surface area contributed by atoms with Gasteiger partial charge < -0.3 is 30.5 Å². The molecule has 0 spiro atoms. The number of benzene rings is 2. The van der Waals surface area contributed by atoms with E-state index in [1.165, 1.54) is 0 Å². The number of H-pyrrole nitrogens is 1. The van der Waals surface area contributed by atoms with Crippen molar-refractivity contribution >= 4 is 0 Å². The first-order valence-electron chi connectivity index (χ1n) is 6.44. The molecule has 0 amide bonds. The van der Waals surface area contributed by atoms with Gasteiger partial charge in [-0.1, -0.05) is 30.3 Å². The Morgan fingerprint density at radius 3 is 1.64 bits per heavy atom. The molecule has 0 atom stereocenters. The van der Waals surface area contributed by atoms with Crippen LogP contribution in [0, 0.1) is 0 Å². The van der Waals surface area contributed by atoms with Crippen molar-refractivity contribution in [3.63, 3.8) is 0 Å². The zero-order valence-corrected chi connectivity index (χ0v) is 11.3. The average Bonchev–Trinajstić information content (AvgIpc) is 3.02. The number of rotatable bonds is 2. The second-order valence-corrected chi connectivity index (χ2v) is 4.77. The third-order valence-corrected chi connectivity index (χ3v) is 3.41. The van der Waals surface area contributed by atoms with Crippen molar-refractivity contribution in [1.29, 1.82) is 0 Å². The number of nitrogens with one attached hydrogen (secondary N) is 1. The number of aromatic nitrogens is 1. The molecule has 6 N–H and O–H groups in total. The minimum absolute atomic E-state index is 0.199. The van der Waals surface area contributed by atoms with Gasteiger partial charge in [0.2, 0.25) is 17.2 Å². The van der Waals surface area contributed by atoms with Crippen LogP contribution in [0.5, 0.6) is 28.7 Å². The van der Waals surface area contributed by atoms with E-state index in [0.29, 0.717) is 0 Å². The summed E-state index contributed by atoms with van der Waals surface area (Å²) in [6, 6.07) is 12.7. The Morgan fingerprint density at radius 2 is 1.05 bits per heavy atom. The van der Waals surface area contributed by atoms with Crippen molar-refractivity contribution in [2.75, 3.05) is 0 Å². The van der Waals surface area contributed by atoms with E-state index in [1.54, 1.807) is 12.1 Å². The van der Waals surface area contributed by atoms with Crippen LogP contribution in [-0.4, -0.2) is 30.5 Å². The van der Waals surface area contributed by atoms with Crippen molar-refractivity contribution in [3.8, 4) is 51.3 Å². The van der Waals surface area contributed by atoms with Crippen LogP contribution < -0.4 is 0 Å². The molecule has 6 heteroatoms. The van der Waals surface area contributed by atoms with Gasteiger partial charge in [-0.2, -0.15) is 0 Å². The van der Waals surface area contributed by atoms with E-state index >= 15 is 0 Å². The molecule has 6 nitrogen and oxygen atoms in total. The van der Waals surface area contributed by atoms with E-state index in [9.17, 15) is 25.5 Å². The zero-order chi connectivity index (χ0) is 15.9. The molecule has 0 unspecified atom stereocenters. The van der Waals surface area contributed by atoms with E-state index in [2.05, 4.69) is 4.98 Å². The van der Waals surface area contributed by atoms with Crippen LogP contribution in [-0.2, 0) is 0 Å². The second kappa shape index (κ2) is 4.92. The van der Waals surface area contributed by atoms with E-state index in [1.807, 2.05) is 30.3 Å². The van der Waals surface area contributed by atoms with Crippen LogP contribution in [0.2, 0.25) is 0 Å². The zero-order valence-electron chi connectivity index (χ0n) is 11.3. The molecule has 0 aliphatic heterocycles. The standard InChI is InChI=1S/C16H13NO5/c18-12-11(13(19)15(21)16(22)14(12)20)10-7-6-9(17-10)8-4-2-1-3-5-8/h1-7,17-22H. The molecule has 3 aromatic rings. The molecule has 1 aromatic heterocycles. The number of aromatic hydroxyl groups is 5. The maximum Gasteiger partial charge on any atom is 0.208 e. The van der Waals surface area contributed by atoms with Crippen molar-refractivity contribution in [2.45, 2.75) is 0 Å². The van der Waals surface area contributed by atoms with Crippen molar-refractivity contribution in [2.24, 2.45) is 0 Å². The van der Waals surface area contributed by atoms with Crippen molar-refractivity contribution in [3.05, 3.63) is 42.5 Å². The first kappa shape index (κ1) is 13.7. The number of aromatic amines is 1. The molecule has 112 valence electrons. The maximum atomic E-state index is 9.92. The minimum atomic E-state index is -0.978. The predicted octanol–water partition coefficient (Wildman–Crippen LogP) is 2.88. The summed E-state index contributed by atoms with van der Waals surface area (Å²) < 4.78 is 0. The quantitative estimate of drug-likeness (QED) is 0.321. The summed E-state index contributed by atoms with van der Waals surface area (Å²) in [4.78, 5) is 2.98. The maximum absolute atomic E-state index is 9.92. The summed E-state index contributed by atoms with van der Waals surface area (Å²) >= 11 is 0. The van der Waals surface area contributed by atoms with Gasteiger partial charge in [0.25, 0.3) is 0 Å². The van der Waals surface area contributed by atoms with Crippen LogP contribution in [0.15, 0.2) is 42.5 Å². The molecule has 0 bridgehead atoms. The fraction of sp³-hybridized carbons (Fsp3) is 0. The summed E-state index contributed by atoms with van der Waals surface area (Å²) in [5, 5.41) is 48.4. The Hall–Kier alpha value is -3.28. The lowest BCUT2D eigenvalue weighted by molar-refractivity contribution is 0.330. The van der Waals surface area contributed by atoms with Crippen molar-refractivity contribution in [1.82, 2.24) is 4.98 Å². The van der Waals surface area contributed by atoms with Gasteiger partial charge in [0.1, 0.15) is 0 Å². The average molecular weight is 299 g/mol. The third-order valence-electron chi connectivity index (χ3n) is 3.41. The summed E-state index contributed by atoms with van der Waals surface area (Å²) in [7, 11) is 0. The highest BCUT2D eigenvalue weighted by Gasteiger charge is 2.25. The first-order chi connectivity index (χ1) is 10.5. The van der Waals surface area contributed by atoms with E-state index < -0.39 is 28.7 Å². The van der Waals surface area contributed by atoms with Crippen LogP contribution in [0.1, 0.15) is 0 Å². The molecule has 1 heterocycles. The number of hydrogen-bond acceptors (Lipinski definition) is 5. The van der Waals surface area contributed by atoms with E-state index in [-0.39, 0.29) is 11.3 Å². The molecule has 0 radical (unpaired) electrons. The largest absolute Gasteiger partial charge is 0.504 e. The van der Waals surface area contributed by atoms with E-state index in [4.69, 9.17) is 0 Å². The van der Waals surface area contributed by atoms with Crippen molar-refractivity contribution < 1.29 is 25.5 Å². The predicted molar refractivity (Wildman–Crippen MR) is 80.0 cm³/mol. The lowest BCUT2D eigenvalue weighted by atomic mass is 10.1. The molecule has 22 heavy (non-hydrogen) atoms. The fourth-order valence-electron chi connectivity index (χ4n) is 2.27. The summed E-state index contributed by atoms with van der Waals surface area (Å²) in [5.74, 6) is -4.24. The molecule has 0 saturated carbocycles. The monoisotopic (exact) mass is 299 g/mol. The second-order valence-electron chi connectivity index (χ2n) is 4.77. The minimum Gasteiger partial charge on any atom is -0.504 e. The molecule has 2 aromatic carbocycles. The van der Waals surface area contributed by atoms with Gasteiger partial charge in [-0.3, -0.25) is 0 Å². The lowest BCUT2D eigenvalue weighted by Crippen LogP contribution is -1.85. The molecule has 0 saturated heterocycles. The molecule has 0 aliphatic carbocycles. The number of phenolic OH excluding ortho intramolecular Hbond substituents is 5. The Kier molecular flexibility index (Phi) is 3.06.